The van der Waals surface area contributed by atoms with Gasteiger partial charge in [0.15, 0.2) is 5.65 Å². The van der Waals surface area contributed by atoms with Crippen molar-refractivity contribution in [2.45, 2.75) is 19.4 Å². The van der Waals surface area contributed by atoms with Gasteiger partial charge >= 0.3 is 0 Å². The summed E-state index contributed by atoms with van der Waals surface area (Å²) in [5.41, 5.74) is 2.04. The molecule has 1 aliphatic heterocycles. The van der Waals surface area contributed by atoms with E-state index in [1.807, 2.05) is 10.7 Å². The summed E-state index contributed by atoms with van der Waals surface area (Å²) in [6.45, 7) is 4.38. The Hall–Kier alpha value is -1.62. The molecule has 5 nitrogen and oxygen atoms in total. The minimum Gasteiger partial charge on any atom is -0.354 e. The first kappa shape index (κ1) is 11.2. The molecule has 0 bridgehead atoms. The Bertz CT molecular complexity index is 607. The zero-order valence-electron chi connectivity index (χ0n) is 11.4. The number of aryl methyl sites for hydroxylation is 1. The van der Waals surface area contributed by atoms with Crippen molar-refractivity contribution >= 4 is 11.5 Å². The molecular formula is C14H19N5. The van der Waals surface area contributed by atoms with Gasteiger partial charge in [-0.05, 0) is 37.4 Å². The fraction of sp³-hybridized carbons (Fsp3) is 0.571. The minimum absolute atomic E-state index is 0.736. The van der Waals surface area contributed by atoms with Crippen molar-refractivity contribution in [2.75, 3.05) is 25.0 Å². The van der Waals surface area contributed by atoms with Gasteiger partial charge in [-0.2, -0.15) is 0 Å². The Kier molecular flexibility index (Phi) is 2.33. The zero-order chi connectivity index (χ0) is 13.0. The third-order valence-corrected chi connectivity index (χ3v) is 4.57. The summed E-state index contributed by atoms with van der Waals surface area (Å²) in [5.74, 6) is 2.71. The van der Waals surface area contributed by atoms with Crippen LogP contribution >= 0.6 is 0 Å². The Morgan fingerprint density at radius 1 is 1.32 bits per heavy atom. The predicted molar refractivity (Wildman–Crippen MR) is 74.4 cm³/mol. The predicted octanol–water partition coefficient (Wildman–Crippen LogP) is 0.946. The number of hydrogen-bond acceptors (Lipinski definition) is 4. The van der Waals surface area contributed by atoms with Crippen LogP contribution in [0.2, 0.25) is 0 Å². The number of imidazole rings is 1. The van der Waals surface area contributed by atoms with E-state index in [9.17, 15) is 0 Å². The van der Waals surface area contributed by atoms with Crippen LogP contribution in [-0.4, -0.2) is 40.8 Å². The van der Waals surface area contributed by atoms with E-state index in [1.54, 1.807) is 0 Å². The third kappa shape index (κ3) is 1.64. The van der Waals surface area contributed by atoms with Crippen LogP contribution in [0.25, 0.3) is 5.65 Å². The maximum Gasteiger partial charge on any atom is 0.153 e. The van der Waals surface area contributed by atoms with Crippen molar-refractivity contribution in [2.24, 2.45) is 11.8 Å². The van der Waals surface area contributed by atoms with Gasteiger partial charge in [-0.1, -0.05) is 6.92 Å². The standard InChI is InChI=1S/C14H19N5/c1-3-9-6-19-12(16-9)4-5-13(17-19)18-7-10-11(8-18)14(10)15-2/h4-6,10-11,14-15H,3,7-8H2,1-2H3/t10-,11+,14+. The molecule has 19 heavy (non-hydrogen) atoms. The summed E-state index contributed by atoms with van der Waals surface area (Å²) < 4.78 is 1.91. The molecule has 1 aliphatic carbocycles. The highest BCUT2D eigenvalue weighted by Gasteiger charge is 2.55. The lowest BCUT2D eigenvalue weighted by molar-refractivity contribution is 0.646. The SMILES string of the molecule is CCc1cn2nc(N3C[C@@H]4[C@H](C3)[C@H]4NC)ccc2n1. The molecule has 0 spiro atoms. The van der Waals surface area contributed by atoms with Crippen molar-refractivity contribution in [1.29, 1.82) is 0 Å². The second-order valence-corrected chi connectivity index (χ2v) is 5.63. The maximum absolute atomic E-state index is 4.69. The van der Waals surface area contributed by atoms with E-state index in [0.717, 1.165) is 54.5 Å². The van der Waals surface area contributed by atoms with Gasteiger partial charge in [0.1, 0.15) is 5.82 Å². The van der Waals surface area contributed by atoms with Gasteiger partial charge in [0.2, 0.25) is 0 Å². The fourth-order valence-corrected chi connectivity index (χ4v) is 3.40. The summed E-state index contributed by atoms with van der Waals surface area (Å²) in [4.78, 5) is 6.92. The van der Waals surface area contributed by atoms with Crippen LogP contribution in [0.3, 0.4) is 0 Å². The number of nitrogens with one attached hydrogen (secondary N) is 1. The van der Waals surface area contributed by atoms with Crippen molar-refractivity contribution in [3.63, 3.8) is 0 Å². The first-order chi connectivity index (χ1) is 9.30. The number of aromatic nitrogens is 3. The number of hydrogen-bond donors (Lipinski definition) is 1. The summed E-state index contributed by atoms with van der Waals surface area (Å²) in [5, 5.41) is 8.08. The van der Waals surface area contributed by atoms with Gasteiger partial charge in [0.25, 0.3) is 0 Å². The third-order valence-electron chi connectivity index (χ3n) is 4.57. The molecule has 3 heterocycles. The van der Waals surface area contributed by atoms with Gasteiger partial charge in [0, 0.05) is 19.1 Å². The van der Waals surface area contributed by atoms with Gasteiger partial charge in [0.05, 0.1) is 11.9 Å². The van der Waals surface area contributed by atoms with E-state index in [2.05, 4.69) is 41.3 Å². The molecule has 1 N–H and O–H groups in total. The highest BCUT2D eigenvalue weighted by Crippen LogP contribution is 2.46. The first-order valence-corrected chi connectivity index (χ1v) is 7.07. The first-order valence-electron chi connectivity index (χ1n) is 7.07. The molecule has 0 unspecified atom stereocenters. The van der Waals surface area contributed by atoms with Crippen LogP contribution in [0.4, 0.5) is 5.82 Å². The lowest BCUT2D eigenvalue weighted by Crippen LogP contribution is -2.30. The van der Waals surface area contributed by atoms with Crippen LogP contribution in [0, 0.1) is 11.8 Å². The van der Waals surface area contributed by atoms with Gasteiger partial charge in [-0.15, -0.1) is 5.10 Å². The molecular weight excluding hydrogens is 238 g/mol. The average molecular weight is 257 g/mol. The van der Waals surface area contributed by atoms with E-state index >= 15 is 0 Å². The molecule has 4 rings (SSSR count). The van der Waals surface area contributed by atoms with E-state index in [-0.39, 0.29) is 0 Å². The molecule has 3 atom stereocenters. The monoisotopic (exact) mass is 257 g/mol. The number of nitrogens with zero attached hydrogens (tertiary/aromatic N) is 4. The summed E-state index contributed by atoms with van der Waals surface area (Å²) in [6, 6.07) is 4.90. The van der Waals surface area contributed by atoms with Crippen molar-refractivity contribution in [1.82, 2.24) is 19.9 Å². The van der Waals surface area contributed by atoms with E-state index in [0.29, 0.717) is 0 Å². The molecule has 1 saturated heterocycles. The molecule has 100 valence electrons. The largest absolute Gasteiger partial charge is 0.354 e. The molecule has 2 fully saturated rings. The molecule has 0 aromatic carbocycles. The molecule has 2 aromatic rings. The lowest BCUT2D eigenvalue weighted by Gasteiger charge is -2.20. The highest BCUT2D eigenvalue weighted by atomic mass is 15.3. The summed E-state index contributed by atoms with van der Waals surface area (Å²) >= 11 is 0. The van der Waals surface area contributed by atoms with Crippen molar-refractivity contribution in [3.8, 4) is 0 Å². The van der Waals surface area contributed by atoms with Gasteiger partial charge in [-0.3, -0.25) is 0 Å². The summed E-state index contributed by atoms with van der Waals surface area (Å²) in [7, 11) is 2.06. The average Bonchev–Trinajstić information content (AvgIpc) is 2.83. The molecule has 0 amide bonds. The number of anilines is 1. The van der Waals surface area contributed by atoms with E-state index < -0.39 is 0 Å². The number of piperidine rings is 1. The molecule has 1 saturated carbocycles. The Balaban J connectivity index is 1.59. The Labute approximate surface area is 112 Å². The Morgan fingerprint density at radius 2 is 2.11 bits per heavy atom. The van der Waals surface area contributed by atoms with Gasteiger partial charge < -0.3 is 10.2 Å². The van der Waals surface area contributed by atoms with Crippen LogP contribution in [-0.2, 0) is 6.42 Å². The normalized spacial score (nSPS) is 28.9. The second-order valence-electron chi connectivity index (χ2n) is 5.63. The molecule has 0 radical (unpaired) electrons. The topological polar surface area (TPSA) is 45.5 Å². The van der Waals surface area contributed by atoms with Crippen LogP contribution in [0.5, 0.6) is 0 Å². The van der Waals surface area contributed by atoms with Crippen molar-refractivity contribution < 1.29 is 0 Å². The molecule has 5 heteroatoms. The van der Waals surface area contributed by atoms with Crippen LogP contribution in [0.15, 0.2) is 18.3 Å². The minimum atomic E-state index is 0.736. The summed E-state index contributed by atoms with van der Waals surface area (Å²) in [6.07, 6.45) is 2.99. The maximum atomic E-state index is 4.69. The number of rotatable bonds is 3. The van der Waals surface area contributed by atoms with E-state index in [1.165, 1.54) is 0 Å². The lowest BCUT2D eigenvalue weighted by atomic mass is 10.3. The number of fused-ring (bicyclic) bond motifs is 2. The fourth-order valence-electron chi connectivity index (χ4n) is 3.40. The highest BCUT2D eigenvalue weighted by molar-refractivity contribution is 5.48. The van der Waals surface area contributed by atoms with E-state index in [4.69, 9.17) is 5.10 Å². The quantitative estimate of drug-likeness (QED) is 0.889. The second kappa shape index (κ2) is 3.93. The van der Waals surface area contributed by atoms with Crippen molar-refractivity contribution in [3.05, 3.63) is 24.0 Å². The molecule has 2 aliphatic rings. The zero-order valence-corrected chi connectivity index (χ0v) is 11.4. The molecule has 2 aromatic heterocycles. The smallest absolute Gasteiger partial charge is 0.153 e. The van der Waals surface area contributed by atoms with Crippen LogP contribution in [0.1, 0.15) is 12.6 Å². The Morgan fingerprint density at radius 3 is 2.79 bits per heavy atom. The van der Waals surface area contributed by atoms with Gasteiger partial charge in [-0.25, -0.2) is 9.50 Å². The van der Waals surface area contributed by atoms with Crippen LogP contribution < -0.4 is 10.2 Å².